The maximum atomic E-state index is 11.8. The Morgan fingerprint density at radius 1 is 1.17 bits per heavy atom. The average Bonchev–Trinajstić information content (AvgIpc) is 2.90. The summed E-state index contributed by atoms with van der Waals surface area (Å²) in [4.78, 5) is 23.5. The van der Waals surface area contributed by atoms with E-state index in [-0.39, 0.29) is 6.03 Å². The zero-order chi connectivity index (χ0) is 17.1. The molecule has 0 saturated heterocycles. The lowest BCUT2D eigenvalue weighted by atomic mass is 10.2. The van der Waals surface area contributed by atoms with Gasteiger partial charge in [0, 0.05) is 6.54 Å². The number of amides is 3. The Labute approximate surface area is 146 Å². The third-order valence-corrected chi connectivity index (χ3v) is 5.13. The Hall–Kier alpha value is -1.28. The Morgan fingerprint density at radius 2 is 1.91 bits per heavy atom. The summed E-state index contributed by atoms with van der Waals surface area (Å²) in [6, 6.07) is -0.330. The lowest BCUT2D eigenvalue weighted by Gasteiger charge is -2.06. The van der Waals surface area contributed by atoms with Crippen molar-refractivity contribution in [2.24, 2.45) is 5.73 Å². The van der Waals surface area contributed by atoms with Crippen molar-refractivity contribution in [1.29, 1.82) is 0 Å². The molecular formula is C15H26N4O2S2. The fourth-order valence-electron chi connectivity index (χ4n) is 1.90. The minimum absolute atomic E-state index is 0.320. The van der Waals surface area contributed by atoms with Crippen LogP contribution in [0, 0.1) is 0 Å². The number of primary amides is 1. The quantitative estimate of drug-likeness (QED) is 0.413. The van der Waals surface area contributed by atoms with Crippen LogP contribution in [0.15, 0.2) is 5.03 Å². The molecule has 130 valence electrons. The number of rotatable bonds is 11. The number of carbonyl (C=O) groups excluding carboxylic acids is 2. The fraction of sp³-hybridized carbons (Fsp3) is 0.667. The second-order valence-electron chi connectivity index (χ2n) is 5.20. The number of nitrogens with zero attached hydrogens (tertiary/aromatic N) is 1. The SMILES string of the molecule is CCCCCCSc1nsc(NC(=O)NCCCC)c1C(N)=O. The summed E-state index contributed by atoms with van der Waals surface area (Å²) in [5, 5.41) is 6.45. The van der Waals surface area contributed by atoms with Crippen molar-refractivity contribution < 1.29 is 9.59 Å². The van der Waals surface area contributed by atoms with E-state index in [1.807, 2.05) is 0 Å². The summed E-state index contributed by atoms with van der Waals surface area (Å²) >= 11 is 2.62. The second kappa shape index (κ2) is 11.3. The molecular weight excluding hydrogens is 332 g/mol. The van der Waals surface area contributed by atoms with Gasteiger partial charge in [-0.15, -0.1) is 11.8 Å². The van der Waals surface area contributed by atoms with E-state index in [2.05, 4.69) is 28.9 Å². The van der Waals surface area contributed by atoms with Gasteiger partial charge in [0.15, 0.2) is 0 Å². The molecule has 4 N–H and O–H groups in total. The normalized spacial score (nSPS) is 10.5. The molecule has 8 heteroatoms. The Morgan fingerprint density at radius 3 is 2.57 bits per heavy atom. The summed E-state index contributed by atoms with van der Waals surface area (Å²) in [7, 11) is 0. The van der Waals surface area contributed by atoms with E-state index >= 15 is 0 Å². The second-order valence-corrected chi connectivity index (χ2v) is 7.06. The smallest absolute Gasteiger partial charge is 0.319 e. The molecule has 23 heavy (non-hydrogen) atoms. The van der Waals surface area contributed by atoms with Crippen LogP contribution in [0.25, 0.3) is 0 Å². The van der Waals surface area contributed by atoms with Crippen LogP contribution in [0.4, 0.5) is 9.80 Å². The van der Waals surface area contributed by atoms with E-state index in [1.165, 1.54) is 31.0 Å². The van der Waals surface area contributed by atoms with Crippen molar-refractivity contribution in [1.82, 2.24) is 9.69 Å². The zero-order valence-corrected chi connectivity index (χ0v) is 15.4. The van der Waals surface area contributed by atoms with Gasteiger partial charge < -0.3 is 11.1 Å². The zero-order valence-electron chi connectivity index (χ0n) is 13.8. The molecule has 0 bridgehead atoms. The molecule has 0 aromatic carbocycles. The molecule has 0 unspecified atom stereocenters. The van der Waals surface area contributed by atoms with Crippen LogP contribution in [0.5, 0.6) is 0 Å². The topological polar surface area (TPSA) is 97.1 Å². The van der Waals surface area contributed by atoms with Crippen LogP contribution in [-0.4, -0.2) is 28.6 Å². The highest BCUT2D eigenvalue weighted by atomic mass is 32.2. The summed E-state index contributed by atoms with van der Waals surface area (Å²) in [6.07, 6.45) is 6.57. The van der Waals surface area contributed by atoms with Crippen LogP contribution in [0.1, 0.15) is 62.7 Å². The van der Waals surface area contributed by atoms with E-state index in [9.17, 15) is 9.59 Å². The number of unbranched alkanes of at least 4 members (excludes halogenated alkanes) is 4. The van der Waals surface area contributed by atoms with Crippen molar-refractivity contribution >= 4 is 40.2 Å². The number of thioether (sulfide) groups is 1. The minimum atomic E-state index is -0.557. The summed E-state index contributed by atoms with van der Waals surface area (Å²) in [6.45, 7) is 4.83. The van der Waals surface area contributed by atoms with Crippen LogP contribution < -0.4 is 16.4 Å². The molecule has 0 aliphatic carbocycles. The van der Waals surface area contributed by atoms with Crippen LogP contribution in [-0.2, 0) is 0 Å². The van der Waals surface area contributed by atoms with Crippen molar-refractivity contribution in [2.45, 2.75) is 57.4 Å². The lowest BCUT2D eigenvalue weighted by Crippen LogP contribution is -2.30. The number of hydrogen-bond donors (Lipinski definition) is 3. The highest BCUT2D eigenvalue weighted by molar-refractivity contribution is 7.99. The first kappa shape index (κ1) is 19.8. The average molecular weight is 359 g/mol. The minimum Gasteiger partial charge on any atom is -0.365 e. The number of urea groups is 1. The van der Waals surface area contributed by atoms with E-state index in [4.69, 9.17) is 5.73 Å². The molecule has 0 aliphatic rings. The molecule has 3 amide bonds. The Bertz CT molecular complexity index is 506. The molecule has 0 fully saturated rings. The predicted octanol–water partition coefficient (Wildman–Crippen LogP) is 3.84. The molecule has 0 atom stereocenters. The largest absolute Gasteiger partial charge is 0.365 e. The number of carbonyl (C=O) groups is 2. The molecule has 0 saturated carbocycles. The maximum Gasteiger partial charge on any atom is 0.319 e. The Kier molecular flexibility index (Phi) is 9.70. The van der Waals surface area contributed by atoms with Crippen molar-refractivity contribution in [3.8, 4) is 0 Å². The number of hydrogen-bond acceptors (Lipinski definition) is 5. The number of nitrogens with one attached hydrogen (secondary N) is 2. The summed E-state index contributed by atoms with van der Waals surface area (Å²) in [5.41, 5.74) is 5.77. The first-order valence-electron chi connectivity index (χ1n) is 8.07. The highest BCUT2D eigenvalue weighted by Crippen LogP contribution is 2.32. The van der Waals surface area contributed by atoms with E-state index in [1.54, 1.807) is 0 Å². The molecule has 1 rings (SSSR count). The van der Waals surface area contributed by atoms with Crippen LogP contribution >= 0.6 is 23.3 Å². The van der Waals surface area contributed by atoms with Crippen molar-refractivity contribution in [3.63, 3.8) is 0 Å². The van der Waals surface area contributed by atoms with E-state index in [0.29, 0.717) is 22.1 Å². The van der Waals surface area contributed by atoms with Gasteiger partial charge in [0.05, 0.1) is 0 Å². The van der Waals surface area contributed by atoms with Gasteiger partial charge in [-0.25, -0.2) is 4.79 Å². The van der Waals surface area contributed by atoms with E-state index in [0.717, 1.165) is 36.5 Å². The third-order valence-electron chi connectivity index (χ3n) is 3.19. The van der Waals surface area contributed by atoms with Crippen molar-refractivity contribution in [3.05, 3.63) is 5.56 Å². The summed E-state index contributed by atoms with van der Waals surface area (Å²) in [5.74, 6) is 0.338. The van der Waals surface area contributed by atoms with Crippen molar-refractivity contribution in [2.75, 3.05) is 17.6 Å². The van der Waals surface area contributed by atoms with Crippen LogP contribution in [0.3, 0.4) is 0 Å². The number of aromatic nitrogens is 1. The lowest BCUT2D eigenvalue weighted by molar-refractivity contribution is 0.0998. The first-order chi connectivity index (χ1) is 11.1. The van der Waals surface area contributed by atoms with Gasteiger partial charge in [-0.1, -0.05) is 39.5 Å². The van der Waals surface area contributed by atoms with Gasteiger partial charge in [-0.05, 0) is 30.1 Å². The fourth-order valence-corrected chi connectivity index (χ4v) is 3.87. The van der Waals surface area contributed by atoms with Crippen LogP contribution in [0.2, 0.25) is 0 Å². The maximum absolute atomic E-state index is 11.8. The van der Waals surface area contributed by atoms with Gasteiger partial charge >= 0.3 is 6.03 Å². The molecule has 1 heterocycles. The molecule has 0 spiro atoms. The predicted molar refractivity (Wildman–Crippen MR) is 97.4 cm³/mol. The third kappa shape index (κ3) is 7.22. The molecule has 0 aliphatic heterocycles. The monoisotopic (exact) mass is 358 g/mol. The van der Waals surface area contributed by atoms with E-state index < -0.39 is 5.91 Å². The van der Waals surface area contributed by atoms with Gasteiger partial charge in [0.25, 0.3) is 5.91 Å². The molecule has 0 radical (unpaired) electrons. The number of anilines is 1. The van der Waals surface area contributed by atoms with Gasteiger partial charge in [-0.3, -0.25) is 10.1 Å². The Balaban J connectivity index is 2.59. The summed E-state index contributed by atoms with van der Waals surface area (Å²) < 4.78 is 4.27. The standard InChI is InChI=1S/C15H26N4O2S2/c1-3-5-7-8-10-22-14-11(12(16)20)13(23-19-14)18-15(21)17-9-6-4-2/h3-10H2,1-2H3,(H2,16,20)(H2,17,18,21). The number of nitrogens with two attached hydrogens (primary N) is 1. The van der Waals surface area contributed by atoms with Gasteiger partial charge in [0.2, 0.25) is 0 Å². The highest BCUT2D eigenvalue weighted by Gasteiger charge is 2.20. The van der Waals surface area contributed by atoms with Gasteiger partial charge in [0.1, 0.15) is 15.6 Å². The molecule has 1 aromatic heterocycles. The molecule has 6 nitrogen and oxygen atoms in total. The molecule has 1 aromatic rings. The van der Waals surface area contributed by atoms with Gasteiger partial charge in [-0.2, -0.15) is 4.37 Å². The first-order valence-corrected chi connectivity index (χ1v) is 9.83.